The number of piperidine rings is 1. The molecular weight excluding hydrogens is 222 g/mol. The van der Waals surface area contributed by atoms with Gasteiger partial charge in [-0.25, -0.2) is 0 Å². The van der Waals surface area contributed by atoms with Crippen molar-refractivity contribution in [1.82, 2.24) is 15.1 Å². The maximum atomic E-state index is 3.68. The third-order valence-electron chi connectivity index (χ3n) is 4.92. The Hall–Kier alpha value is -0.120. The Morgan fingerprint density at radius 3 is 2.67 bits per heavy atom. The van der Waals surface area contributed by atoms with Gasteiger partial charge in [0.1, 0.15) is 0 Å². The first-order valence-corrected chi connectivity index (χ1v) is 7.97. The third-order valence-corrected chi connectivity index (χ3v) is 4.92. The Kier molecular flexibility index (Phi) is 4.22. The number of rotatable bonds is 5. The summed E-state index contributed by atoms with van der Waals surface area (Å²) in [6.45, 7) is 6.51. The van der Waals surface area contributed by atoms with Crippen LogP contribution in [0.1, 0.15) is 38.5 Å². The largest absolute Gasteiger partial charge is 0.313 e. The highest BCUT2D eigenvalue weighted by Crippen LogP contribution is 2.31. The van der Waals surface area contributed by atoms with E-state index in [4.69, 9.17) is 0 Å². The van der Waals surface area contributed by atoms with Crippen LogP contribution in [0.2, 0.25) is 0 Å². The zero-order valence-electron chi connectivity index (χ0n) is 11.9. The first kappa shape index (κ1) is 12.9. The molecule has 0 bridgehead atoms. The molecule has 2 aliphatic heterocycles. The van der Waals surface area contributed by atoms with Crippen molar-refractivity contribution in [2.24, 2.45) is 5.92 Å². The van der Waals surface area contributed by atoms with Crippen molar-refractivity contribution in [1.29, 1.82) is 0 Å². The number of likely N-dealkylation sites (tertiary alicyclic amines) is 1. The van der Waals surface area contributed by atoms with E-state index in [-0.39, 0.29) is 0 Å². The van der Waals surface area contributed by atoms with E-state index >= 15 is 0 Å². The summed E-state index contributed by atoms with van der Waals surface area (Å²) < 4.78 is 0. The van der Waals surface area contributed by atoms with Crippen LogP contribution < -0.4 is 5.32 Å². The van der Waals surface area contributed by atoms with E-state index in [2.05, 4.69) is 22.2 Å². The quantitative estimate of drug-likeness (QED) is 0.800. The van der Waals surface area contributed by atoms with E-state index in [9.17, 15) is 0 Å². The van der Waals surface area contributed by atoms with Gasteiger partial charge >= 0.3 is 0 Å². The number of nitrogens with one attached hydrogen (secondary N) is 1. The van der Waals surface area contributed by atoms with E-state index in [0.717, 1.165) is 18.0 Å². The molecule has 1 aliphatic carbocycles. The van der Waals surface area contributed by atoms with Gasteiger partial charge in [-0.1, -0.05) is 0 Å². The van der Waals surface area contributed by atoms with E-state index in [1.54, 1.807) is 0 Å². The Morgan fingerprint density at radius 2 is 2.00 bits per heavy atom. The summed E-state index contributed by atoms with van der Waals surface area (Å²) in [7, 11) is 2.29. The van der Waals surface area contributed by atoms with Crippen molar-refractivity contribution < 1.29 is 0 Å². The minimum atomic E-state index is 0.774. The smallest absolute Gasteiger partial charge is 0.0224 e. The van der Waals surface area contributed by atoms with Crippen molar-refractivity contribution in [3.05, 3.63) is 0 Å². The molecule has 3 aliphatic rings. The molecule has 0 amide bonds. The highest BCUT2D eigenvalue weighted by molar-refractivity contribution is 4.88. The van der Waals surface area contributed by atoms with Crippen LogP contribution in [0.4, 0.5) is 0 Å². The maximum absolute atomic E-state index is 3.68. The molecule has 0 spiro atoms. The highest BCUT2D eigenvalue weighted by atomic mass is 15.2. The molecule has 0 aromatic carbocycles. The molecule has 104 valence electrons. The molecule has 0 aromatic heterocycles. The van der Waals surface area contributed by atoms with E-state index < -0.39 is 0 Å². The van der Waals surface area contributed by atoms with Gasteiger partial charge in [0.15, 0.2) is 0 Å². The summed E-state index contributed by atoms with van der Waals surface area (Å²) in [4.78, 5) is 5.35. The first-order valence-electron chi connectivity index (χ1n) is 7.97. The topological polar surface area (TPSA) is 18.5 Å². The van der Waals surface area contributed by atoms with Crippen LogP contribution in [0.25, 0.3) is 0 Å². The first-order chi connectivity index (χ1) is 8.81. The molecule has 2 heterocycles. The minimum absolute atomic E-state index is 0.774. The van der Waals surface area contributed by atoms with Crippen molar-refractivity contribution in [3.63, 3.8) is 0 Å². The molecule has 3 fully saturated rings. The number of hydrogen-bond donors (Lipinski definition) is 1. The molecule has 1 N–H and O–H groups in total. The summed E-state index contributed by atoms with van der Waals surface area (Å²) in [5.41, 5.74) is 0. The fourth-order valence-corrected chi connectivity index (χ4v) is 3.64. The average molecular weight is 251 g/mol. The van der Waals surface area contributed by atoms with E-state index in [1.165, 1.54) is 71.2 Å². The Bertz CT molecular complexity index is 258. The van der Waals surface area contributed by atoms with Crippen LogP contribution in [0.15, 0.2) is 0 Å². The third kappa shape index (κ3) is 3.46. The Balaban J connectivity index is 1.56. The molecule has 18 heavy (non-hydrogen) atoms. The zero-order valence-corrected chi connectivity index (χ0v) is 11.9. The van der Waals surface area contributed by atoms with Gasteiger partial charge in [-0.05, 0) is 64.6 Å². The van der Waals surface area contributed by atoms with Gasteiger partial charge < -0.3 is 10.2 Å². The average Bonchev–Trinajstić information content (AvgIpc) is 3.03. The molecule has 1 saturated carbocycles. The normalized spacial score (nSPS) is 34.3. The zero-order chi connectivity index (χ0) is 12.4. The Morgan fingerprint density at radius 1 is 1.11 bits per heavy atom. The van der Waals surface area contributed by atoms with Crippen molar-refractivity contribution >= 4 is 0 Å². The van der Waals surface area contributed by atoms with E-state index in [1.807, 2.05) is 0 Å². The molecule has 3 rings (SSSR count). The molecule has 3 nitrogen and oxygen atoms in total. The summed E-state index contributed by atoms with van der Waals surface area (Å²) in [6, 6.07) is 1.60. The lowest BCUT2D eigenvalue weighted by Gasteiger charge is -2.39. The molecule has 0 radical (unpaired) electrons. The van der Waals surface area contributed by atoms with Crippen LogP contribution in [0, 0.1) is 5.92 Å². The summed E-state index contributed by atoms with van der Waals surface area (Å²) >= 11 is 0. The van der Waals surface area contributed by atoms with Crippen molar-refractivity contribution in [3.8, 4) is 0 Å². The van der Waals surface area contributed by atoms with Crippen molar-refractivity contribution in [2.45, 2.75) is 50.6 Å². The van der Waals surface area contributed by atoms with Crippen LogP contribution in [-0.4, -0.2) is 61.7 Å². The molecular formula is C15H29N3. The second-order valence-corrected chi connectivity index (χ2v) is 6.75. The van der Waals surface area contributed by atoms with Gasteiger partial charge in [-0.15, -0.1) is 0 Å². The van der Waals surface area contributed by atoms with Gasteiger partial charge in [0.25, 0.3) is 0 Å². The monoisotopic (exact) mass is 251 g/mol. The minimum Gasteiger partial charge on any atom is -0.313 e. The number of hydrogen-bond acceptors (Lipinski definition) is 3. The standard InChI is InChI=1S/C15H29N3/c1-17-9-3-5-15(12-17)18(10-13-6-7-13)11-14-4-2-8-16-14/h13-16H,2-12H2,1H3. The van der Waals surface area contributed by atoms with Crippen LogP contribution >= 0.6 is 0 Å². The fraction of sp³-hybridized carbons (Fsp3) is 1.00. The van der Waals surface area contributed by atoms with Crippen LogP contribution in [0.3, 0.4) is 0 Å². The Labute approximate surface area is 112 Å². The second kappa shape index (κ2) is 5.89. The molecule has 2 saturated heterocycles. The highest BCUT2D eigenvalue weighted by Gasteiger charge is 2.31. The molecule has 3 heteroatoms. The second-order valence-electron chi connectivity index (χ2n) is 6.75. The van der Waals surface area contributed by atoms with Crippen LogP contribution in [-0.2, 0) is 0 Å². The molecule has 0 aromatic rings. The van der Waals surface area contributed by atoms with E-state index in [0.29, 0.717) is 0 Å². The van der Waals surface area contributed by atoms with Gasteiger partial charge in [-0.3, -0.25) is 4.90 Å². The molecule has 2 unspecified atom stereocenters. The van der Waals surface area contributed by atoms with Gasteiger partial charge in [-0.2, -0.15) is 0 Å². The summed E-state index contributed by atoms with van der Waals surface area (Å²) in [6.07, 6.45) is 8.55. The fourth-order valence-electron chi connectivity index (χ4n) is 3.64. The number of nitrogens with zero attached hydrogens (tertiary/aromatic N) is 2. The number of likely N-dealkylation sites (N-methyl/N-ethyl adjacent to an activating group) is 1. The SMILES string of the molecule is CN1CCCC(N(CC2CC2)CC2CCCN2)C1. The molecule has 2 atom stereocenters. The predicted molar refractivity (Wildman–Crippen MR) is 75.8 cm³/mol. The van der Waals surface area contributed by atoms with Gasteiger partial charge in [0.2, 0.25) is 0 Å². The summed E-state index contributed by atoms with van der Waals surface area (Å²) in [5.74, 6) is 1.03. The maximum Gasteiger partial charge on any atom is 0.0224 e. The van der Waals surface area contributed by atoms with Crippen molar-refractivity contribution in [2.75, 3.05) is 39.8 Å². The van der Waals surface area contributed by atoms with Gasteiger partial charge in [0.05, 0.1) is 0 Å². The lowest BCUT2D eigenvalue weighted by Crippen LogP contribution is -2.50. The van der Waals surface area contributed by atoms with Gasteiger partial charge in [0, 0.05) is 31.7 Å². The van der Waals surface area contributed by atoms with Crippen LogP contribution in [0.5, 0.6) is 0 Å². The lowest BCUT2D eigenvalue weighted by atomic mass is 10.0. The summed E-state index contributed by atoms with van der Waals surface area (Å²) in [5, 5.41) is 3.68. The lowest BCUT2D eigenvalue weighted by molar-refractivity contribution is 0.0998. The predicted octanol–water partition coefficient (Wildman–Crippen LogP) is 1.54.